The van der Waals surface area contributed by atoms with E-state index >= 15 is 0 Å². The van der Waals surface area contributed by atoms with Gasteiger partial charge in [-0.1, -0.05) is 13.8 Å². The van der Waals surface area contributed by atoms with Crippen LogP contribution in [0, 0.1) is 5.92 Å². The second-order valence-corrected chi connectivity index (χ2v) is 8.81. The van der Waals surface area contributed by atoms with Crippen molar-refractivity contribution in [1.29, 1.82) is 0 Å². The number of carbonyl (C=O) groups is 2. The number of anilines is 1. The topological polar surface area (TPSA) is 113 Å². The standard InChI is InChI=1S/C20H25N3O5S/c1-11(2)9-23-17(21)16(18(25)22(3)20(23)27)13(24)10-28-19(26)15-8-12-6-4-5-7-14(12)29-15/h8,11H,4-7,9-10,21H2,1-3H3. The van der Waals surface area contributed by atoms with Gasteiger partial charge in [0.2, 0.25) is 5.78 Å². The zero-order valence-corrected chi connectivity index (χ0v) is 17.6. The molecule has 8 nitrogen and oxygen atoms in total. The summed E-state index contributed by atoms with van der Waals surface area (Å²) in [5.74, 6) is -1.43. The molecule has 0 spiro atoms. The number of nitrogens with zero attached hydrogens (tertiary/aromatic N) is 2. The molecule has 1 aliphatic carbocycles. The van der Waals surface area contributed by atoms with Crippen LogP contribution in [0.15, 0.2) is 15.7 Å². The minimum atomic E-state index is -0.792. The number of hydrogen-bond donors (Lipinski definition) is 1. The van der Waals surface area contributed by atoms with Crippen LogP contribution in [0.5, 0.6) is 0 Å². The fourth-order valence-corrected chi connectivity index (χ4v) is 4.60. The third kappa shape index (κ3) is 4.19. The predicted molar refractivity (Wildman–Crippen MR) is 111 cm³/mol. The lowest BCUT2D eigenvalue weighted by atomic mass is 9.99. The third-order valence-corrected chi connectivity index (χ3v) is 6.16. The van der Waals surface area contributed by atoms with E-state index in [-0.39, 0.29) is 23.8 Å². The van der Waals surface area contributed by atoms with Crippen molar-refractivity contribution in [1.82, 2.24) is 9.13 Å². The van der Waals surface area contributed by atoms with Crippen molar-refractivity contribution in [2.45, 2.75) is 46.1 Å². The van der Waals surface area contributed by atoms with Crippen molar-refractivity contribution >= 4 is 28.9 Å². The number of aromatic nitrogens is 2. The van der Waals surface area contributed by atoms with Crippen LogP contribution in [-0.2, 0) is 31.2 Å². The number of ether oxygens (including phenoxy) is 1. The fourth-order valence-electron chi connectivity index (χ4n) is 3.45. The summed E-state index contributed by atoms with van der Waals surface area (Å²) >= 11 is 1.39. The Morgan fingerprint density at radius 3 is 2.59 bits per heavy atom. The number of fused-ring (bicyclic) bond motifs is 1. The lowest BCUT2D eigenvalue weighted by Gasteiger charge is -2.16. The number of nitrogens with two attached hydrogens (primary N) is 1. The van der Waals surface area contributed by atoms with Gasteiger partial charge in [-0.15, -0.1) is 11.3 Å². The summed E-state index contributed by atoms with van der Waals surface area (Å²) in [5, 5.41) is 0. The van der Waals surface area contributed by atoms with E-state index < -0.39 is 29.6 Å². The smallest absolute Gasteiger partial charge is 0.348 e. The summed E-state index contributed by atoms with van der Waals surface area (Å²) in [7, 11) is 1.29. The first-order chi connectivity index (χ1) is 13.7. The maximum Gasteiger partial charge on any atom is 0.348 e. The number of esters is 1. The fraction of sp³-hybridized carbons (Fsp3) is 0.500. The molecule has 0 aromatic carbocycles. The van der Waals surface area contributed by atoms with Crippen molar-refractivity contribution in [3.63, 3.8) is 0 Å². The molecule has 29 heavy (non-hydrogen) atoms. The molecule has 3 rings (SSSR count). The minimum absolute atomic E-state index is 0.0816. The molecule has 0 saturated carbocycles. The number of ketones is 1. The summed E-state index contributed by atoms with van der Waals surface area (Å²) in [6.45, 7) is 3.43. The molecule has 1 aliphatic rings. The highest BCUT2D eigenvalue weighted by molar-refractivity contribution is 7.14. The summed E-state index contributed by atoms with van der Waals surface area (Å²) < 4.78 is 7.21. The van der Waals surface area contributed by atoms with Gasteiger partial charge in [-0.3, -0.25) is 18.7 Å². The van der Waals surface area contributed by atoms with Gasteiger partial charge in [-0.05, 0) is 43.2 Å². The van der Waals surface area contributed by atoms with E-state index in [1.54, 1.807) is 0 Å². The molecule has 0 aliphatic heterocycles. The molecule has 0 unspecified atom stereocenters. The highest BCUT2D eigenvalue weighted by Crippen LogP contribution is 2.30. The number of nitrogen functional groups attached to an aromatic ring is 1. The van der Waals surface area contributed by atoms with Crippen LogP contribution in [0.2, 0.25) is 0 Å². The molecule has 0 bridgehead atoms. The zero-order chi connectivity index (χ0) is 21.3. The van der Waals surface area contributed by atoms with E-state index in [2.05, 4.69) is 0 Å². The Bertz CT molecular complexity index is 1050. The molecule has 0 fully saturated rings. The molecule has 2 aromatic rings. The van der Waals surface area contributed by atoms with E-state index in [9.17, 15) is 19.2 Å². The number of thiophene rings is 1. The molecule has 0 amide bonds. The molecule has 156 valence electrons. The Balaban J connectivity index is 1.81. The summed E-state index contributed by atoms with van der Waals surface area (Å²) in [6, 6.07) is 1.82. The first kappa shape index (κ1) is 21.0. The zero-order valence-electron chi connectivity index (χ0n) is 16.8. The van der Waals surface area contributed by atoms with Gasteiger partial charge in [0.25, 0.3) is 5.56 Å². The number of aryl methyl sites for hydroxylation is 2. The van der Waals surface area contributed by atoms with Crippen LogP contribution in [-0.4, -0.2) is 27.5 Å². The average Bonchev–Trinajstić information content (AvgIpc) is 3.12. The number of Topliss-reactive ketones (excluding diaryl/α,β-unsaturated/α-hetero) is 1. The average molecular weight is 420 g/mol. The molecule has 0 saturated heterocycles. The Labute approximate surface area is 171 Å². The van der Waals surface area contributed by atoms with Gasteiger partial charge in [-0.2, -0.15) is 0 Å². The van der Waals surface area contributed by atoms with Crippen molar-refractivity contribution in [2.75, 3.05) is 12.3 Å². The van der Waals surface area contributed by atoms with Gasteiger partial charge in [0.15, 0.2) is 6.61 Å². The van der Waals surface area contributed by atoms with Crippen LogP contribution < -0.4 is 17.0 Å². The monoisotopic (exact) mass is 419 g/mol. The summed E-state index contributed by atoms with van der Waals surface area (Å²) in [5.41, 5.74) is 5.44. The van der Waals surface area contributed by atoms with Crippen LogP contribution in [0.3, 0.4) is 0 Å². The van der Waals surface area contributed by atoms with Crippen LogP contribution >= 0.6 is 11.3 Å². The van der Waals surface area contributed by atoms with Gasteiger partial charge in [0.1, 0.15) is 16.3 Å². The Kier molecular flexibility index (Phi) is 6.07. The largest absolute Gasteiger partial charge is 0.453 e. The molecule has 0 atom stereocenters. The maximum atomic E-state index is 12.6. The normalized spacial score (nSPS) is 13.4. The lowest BCUT2D eigenvalue weighted by molar-refractivity contribution is 0.0479. The maximum absolute atomic E-state index is 12.6. The Morgan fingerprint density at radius 2 is 1.93 bits per heavy atom. The second kappa shape index (κ2) is 8.36. The number of rotatable bonds is 6. The summed E-state index contributed by atoms with van der Waals surface area (Å²) in [6.07, 6.45) is 4.11. The van der Waals surface area contributed by atoms with Crippen molar-refractivity contribution in [3.8, 4) is 0 Å². The Morgan fingerprint density at radius 1 is 1.24 bits per heavy atom. The van der Waals surface area contributed by atoms with Crippen LogP contribution in [0.4, 0.5) is 5.82 Å². The van der Waals surface area contributed by atoms with Crippen molar-refractivity contribution in [3.05, 3.63) is 47.8 Å². The van der Waals surface area contributed by atoms with E-state index in [0.29, 0.717) is 4.88 Å². The summed E-state index contributed by atoms with van der Waals surface area (Å²) in [4.78, 5) is 51.4. The van der Waals surface area contributed by atoms with E-state index in [1.807, 2.05) is 19.9 Å². The lowest BCUT2D eigenvalue weighted by Crippen LogP contribution is -2.43. The molecule has 9 heteroatoms. The minimum Gasteiger partial charge on any atom is -0.453 e. The molecular weight excluding hydrogens is 394 g/mol. The predicted octanol–water partition coefficient (Wildman–Crippen LogP) is 1.77. The van der Waals surface area contributed by atoms with Crippen molar-refractivity contribution in [2.24, 2.45) is 13.0 Å². The molecule has 2 N–H and O–H groups in total. The van der Waals surface area contributed by atoms with Gasteiger partial charge in [-0.25, -0.2) is 9.59 Å². The molecule has 2 heterocycles. The van der Waals surface area contributed by atoms with E-state index in [0.717, 1.165) is 30.3 Å². The first-order valence-corrected chi connectivity index (χ1v) is 10.4. The molecule has 2 aromatic heterocycles. The third-order valence-electron chi connectivity index (χ3n) is 4.94. The molecular formula is C20H25N3O5S. The molecule has 0 radical (unpaired) electrons. The first-order valence-electron chi connectivity index (χ1n) is 9.62. The number of carbonyl (C=O) groups excluding carboxylic acids is 2. The van der Waals surface area contributed by atoms with Crippen molar-refractivity contribution < 1.29 is 14.3 Å². The Hall–Kier alpha value is -2.68. The van der Waals surface area contributed by atoms with E-state index in [4.69, 9.17) is 10.5 Å². The van der Waals surface area contributed by atoms with Crippen LogP contribution in [0.1, 0.15) is 57.2 Å². The van der Waals surface area contributed by atoms with Gasteiger partial charge >= 0.3 is 11.7 Å². The second-order valence-electron chi connectivity index (χ2n) is 7.68. The quantitative estimate of drug-likeness (QED) is 0.564. The highest BCUT2D eigenvalue weighted by atomic mass is 32.1. The number of hydrogen-bond acceptors (Lipinski definition) is 7. The van der Waals surface area contributed by atoms with Gasteiger partial charge < -0.3 is 10.5 Å². The van der Waals surface area contributed by atoms with Crippen LogP contribution in [0.25, 0.3) is 0 Å². The van der Waals surface area contributed by atoms with Gasteiger partial charge in [0.05, 0.1) is 0 Å². The van der Waals surface area contributed by atoms with E-state index in [1.165, 1.54) is 33.4 Å². The highest BCUT2D eigenvalue weighted by Gasteiger charge is 2.24. The SMILES string of the molecule is CC(C)Cn1c(N)c(C(=O)COC(=O)c2cc3c(s2)CCCC3)c(=O)n(C)c1=O. The van der Waals surface area contributed by atoms with Gasteiger partial charge in [0, 0.05) is 18.5 Å².